The zero-order chi connectivity index (χ0) is 14.8. The minimum Gasteiger partial charge on any atom is -0.489 e. The molecule has 1 aliphatic heterocycles. The first-order valence-electron chi connectivity index (χ1n) is 6.37. The predicted octanol–water partition coefficient (Wildman–Crippen LogP) is 3.57. The highest BCUT2D eigenvalue weighted by molar-refractivity contribution is 9.10. The summed E-state index contributed by atoms with van der Waals surface area (Å²) in [6.45, 7) is 6.65. The number of carbonyl (C=O) groups excluding carboxylic acids is 1. The standard InChI is InChI=1S/C14H18BrNO4/c1-14(2,3)20-13(17)16-11-6-9(15)4-5-12(11)19-8-10-7-18-10/h4-6,10H,7-8H2,1-3H3,(H,16,17). The molecule has 1 N–H and O–H groups in total. The Hall–Kier alpha value is -1.27. The average Bonchev–Trinajstić information content (AvgIpc) is 3.09. The number of epoxide rings is 1. The third-order valence-corrected chi connectivity index (χ3v) is 2.90. The molecule has 1 amide bonds. The minimum atomic E-state index is -0.543. The Morgan fingerprint density at radius 2 is 2.20 bits per heavy atom. The zero-order valence-corrected chi connectivity index (χ0v) is 13.3. The van der Waals surface area contributed by atoms with Gasteiger partial charge in [0, 0.05) is 4.47 Å². The number of nitrogens with one attached hydrogen (secondary N) is 1. The highest BCUT2D eigenvalue weighted by Gasteiger charge is 2.24. The van der Waals surface area contributed by atoms with Crippen LogP contribution in [0.1, 0.15) is 20.8 Å². The van der Waals surface area contributed by atoms with Crippen molar-refractivity contribution in [1.29, 1.82) is 0 Å². The summed E-state index contributed by atoms with van der Waals surface area (Å²) in [4.78, 5) is 11.8. The molecule has 20 heavy (non-hydrogen) atoms. The average molecular weight is 344 g/mol. The number of hydrogen-bond acceptors (Lipinski definition) is 4. The van der Waals surface area contributed by atoms with E-state index >= 15 is 0 Å². The van der Waals surface area contributed by atoms with Crippen molar-refractivity contribution in [3.63, 3.8) is 0 Å². The molecule has 1 saturated heterocycles. The minimum absolute atomic E-state index is 0.160. The number of benzene rings is 1. The van der Waals surface area contributed by atoms with Crippen LogP contribution in [0.3, 0.4) is 0 Å². The van der Waals surface area contributed by atoms with Gasteiger partial charge in [0.2, 0.25) is 0 Å². The summed E-state index contributed by atoms with van der Waals surface area (Å²) in [5, 5.41) is 2.70. The highest BCUT2D eigenvalue weighted by atomic mass is 79.9. The van der Waals surface area contributed by atoms with Crippen LogP contribution in [0.5, 0.6) is 5.75 Å². The quantitative estimate of drug-likeness (QED) is 0.849. The molecule has 0 aliphatic carbocycles. The van der Waals surface area contributed by atoms with Crippen molar-refractivity contribution in [2.24, 2.45) is 0 Å². The first-order valence-corrected chi connectivity index (χ1v) is 7.17. The van der Waals surface area contributed by atoms with E-state index in [1.165, 1.54) is 0 Å². The van der Waals surface area contributed by atoms with Crippen molar-refractivity contribution in [3.05, 3.63) is 22.7 Å². The van der Waals surface area contributed by atoms with Gasteiger partial charge in [0.25, 0.3) is 0 Å². The van der Waals surface area contributed by atoms with Crippen LogP contribution in [-0.2, 0) is 9.47 Å². The monoisotopic (exact) mass is 343 g/mol. The Bertz CT molecular complexity index is 494. The van der Waals surface area contributed by atoms with Crippen LogP contribution in [-0.4, -0.2) is 31.0 Å². The lowest BCUT2D eigenvalue weighted by atomic mass is 10.2. The highest BCUT2D eigenvalue weighted by Crippen LogP contribution is 2.29. The molecular weight excluding hydrogens is 326 g/mol. The predicted molar refractivity (Wildman–Crippen MR) is 79.2 cm³/mol. The second-order valence-electron chi connectivity index (χ2n) is 5.53. The maximum atomic E-state index is 11.8. The number of amides is 1. The van der Waals surface area contributed by atoms with Crippen molar-refractivity contribution >= 4 is 27.7 Å². The van der Waals surface area contributed by atoms with Crippen molar-refractivity contribution in [1.82, 2.24) is 0 Å². The van der Waals surface area contributed by atoms with E-state index in [1.807, 2.05) is 26.8 Å². The molecule has 0 aromatic heterocycles. The zero-order valence-electron chi connectivity index (χ0n) is 11.7. The third-order valence-electron chi connectivity index (χ3n) is 2.40. The molecule has 5 nitrogen and oxygen atoms in total. The molecule has 1 heterocycles. The summed E-state index contributed by atoms with van der Waals surface area (Å²) in [6, 6.07) is 5.41. The van der Waals surface area contributed by atoms with Gasteiger partial charge in [-0.15, -0.1) is 0 Å². The fraction of sp³-hybridized carbons (Fsp3) is 0.500. The smallest absolute Gasteiger partial charge is 0.412 e. The normalized spacial score (nSPS) is 17.5. The molecule has 6 heteroatoms. The number of hydrogen-bond donors (Lipinski definition) is 1. The van der Waals surface area contributed by atoms with Crippen molar-refractivity contribution in [2.45, 2.75) is 32.5 Å². The number of ether oxygens (including phenoxy) is 3. The lowest BCUT2D eigenvalue weighted by Crippen LogP contribution is -2.27. The van der Waals surface area contributed by atoms with Gasteiger partial charge in [0.15, 0.2) is 0 Å². The third kappa shape index (κ3) is 5.02. The molecule has 0 saturated carbocycles. The Labute approximate surface area is 126 Å². The molecule has 2 rings (SSSR count). The fourth-order valence-corrected chi connectivity index (χ4v) is 1.85. The van der Waals surface area contributed by atoms with E-state index in [0.717, 1.165) is 11.1 Å². The van der Waals surface area contributed by atoms with Crippen molar-refractivity contribution in [3.8, 4) is 5.75 Å². The molecule has 1 aliphatic rings. The molecule has 1 aromatic carbocycles. The molecule has 110 valence electrons. The number of carbonyl (C=O) groups is 1. The van der Waals surface area contributed by atoms with E-state index in [4.69, 9.17) is 14.2 Å². The molecule has 1 aromatic rings. The SMILES string of the molecule is CC(C)(C)OC(=O)Nc1cc(Br)ccc1OCC1CO1. The summed E-state index contributed by atoms with van der Waals surface area (Å²) >= 11 is 3.37. The number of rotatable bonds is 4. The largest absolute Gasteiger partial charge is 0.489 e. The van der Waals surface area contributed by atoms with Crippen LogP contribution in [0.4, 0.5) is 10.5 Å². The van der Waals surface area contributed by atoms with E-state index in [2.05, 4.69) is 21.2 Å². The van der Waals surface area contributed by atoms with Crippen LogP contribution < -0.4 is 10.1 Å². The van der Waals surface area contributed by atoms with Crippen LogP contribution >= 0.6 is 15.9 Å². The van der Waals surface area contributed by atoms with E-state index in [9.17, 15) is 4.79 Å². The lowest BCUT2D eigenvalue weighted by Gasteiger charge is -2.20. The molecule has 1 unspecified atom stereocenters. The van der Waals surface area contributed by atoms with E-state index in [0.29, 0.717) is 18.0 Å². The van der Waals surface area contributed by atoms with Gasteiger partial charge in [0.1, 0.15) is 24.1 Å². The maximum Gasteiger partial charge on any atom is 0.412 e. The molecular formula is C14H18BrNO4. The molecule has 1 fully saturated rings. The van der Waals surface area contributed by atoms with Gasteiger partial charge in [-0.2, -0.15) is 0 Å². The van der Waals surface area contributed by atoms with Gasteiger partial charge < -0.3 is 14.2 Å². The van der Waals surface area contributed by atoms with Crippen LogP contribution in [0.2, 0.25) is 0 Å². The summed E-state index contributed by atoms with van der Waals surface area (Å²) in [6.07, 6.45) is -0.351. The number of halogens is 1. The van der Waals surface area contributed by atoms with Crippen LogP contribution in [0.15, 0.2) is 22.7 Å². The summed E-state index contributed by atoms with van der Waals surface area (Å²) in [5.74, 6) is 0.592. The lowest BCUT2D eigenvalue weighted by molar-refractivity contribution is 0.0635. The Morgan fingerprint density at radius 1 is 1.50 bits per heavy atom. The maximum absolute atomic E-state index is 11.8. The van der Waals surface area contributed by atoms with Crippen LogP contribution in [0.25, 0.3) is 0 Å². The summed E-state index contributed by atoms with van der Waals surface area (Å²) < 4.78 is 16.8. The molecule has 0 spiro atoms. The van der Waals surface area contributed by atoms with Gasteiger partial charge in [0.05, 0.1) is 12.3 Å². The van der Waals surface area contributed by atoms with Gasteiger partial charge >= 0.3 is 6.09 Å². The van der Waals surface area contributed by atoms with E-state index in [-0.39, 0.29) is 6.10 Å². The Kier molecular flexibility index (Phi) is 4.55. The first-order chi connectivity index (χ1) is 9.33. The Morgan fingerprint density at radius 3 is 2.80 bits per heavy atom. The summed E-state index contributed by atoms with van der Waals surface area (Å²) in [7, 11) is 0. The van der Waals surface area contributed by atoms with Gasteiger partial charge in [-0.1, -0.05) is 15.9 Å². The molecule has 0 bridgehead atoms. The second-order valence-corrected chi connectivity index (χ2v) is 6.45. The van der Waals surface area contributed by atoms with Crippen molar-refractivity contribution < 1.29 is 19.0 Å². The van der Waals surface area contributed by atoms with E-state index < -0.39 is 11.7 Å². The van der Waals surface area contributed by atoms with Gasteiger partial charge in [-0.3, -0.25) is 5.32 Å². The van der Waals surface area contributed by atoms with Gasteiger partial charge in [-0.25, -0.2) is 4.79 Å². The molecule has 1 atom stereocenters. The first kappa shape index (κ1) is 15.1. The second kappa shape index (κ2) is 6.01. The fourth-order valence-electron chi connectivity index (χ4n) is 1.49. The van der Waals surface area contributed by atoms with Crippen LogP contribution in [0, 0.1) is 0 Å². The summed E-state index contributed by atoms with van der Waals surface area (Å²) in [5.41, 5.74) is 0.0215. The molecule has 0 radical (unpaired) electrons. The van der Waals surface area contributed by atoms with Gasteiger partial charge in [-0.05, 0) is 39.0 Å². The number of anilines is 1. The Balaban J connectivity index is 2.03. The van der Waals surface area contributed by atoms with E-state index in [1.54, 1.807) is 12.1 Å². The topological polar surface area (TPSA) is 60.1 Å². The van der Waals surface area contributed by atoms with Crippen molar-refractivity contribution in [2.75, 3.05) is 18.5 Å².